The number of hydrogen-bond donors (Lipinski definition) is 1. The summed E-state index contributed by atoms with van der Waals surface area (Å²) in [5.41, 5.74) is 5.92. The Labute approximate surface area is 85.9 Å². The predicted octanol–water partition coefficient (Wildman–Crippen LogP) is 1.10. The molecule has 0 aromatic heterocycles. The first kappa shape index (κ1) is 9.95. The van der Waals surface area contributed by atoms with Crippen molar-refractivity contribution < 1.29 is 0 Å². The highest BCUT2D eigenvalue weighted by molar-refractivity contribution is 5.11. The average molecular weight is 193 g/mol. The second-order valence-corrected chi connectivity index (χ2v) is 5.00. The second kappa shape index (κ2) is 3.52. The maximum Gasteiger partial charge on any atom is 0.0703 e. The van der Waals surface area contributed by atoms with Crippen molar-refractivity contribution in [3.63, 3.8) is 0 Å². The Morgan fingerprint density at radius 3 is 2.79 bits per heavy atom. The van der Waals surface area contributed by atoms with Crippen molar-refractivity contribution >= 4 is 0 Å². The molecule has 0 spiro atoms. The summed E-state index contributed by atoms with van der Waals surface area (Å²) in [4.78, 5) is 2.44. The van der Waals surface area contributed by atoms with E-state index < -0.39 is 0 Å². The van der Waals surface area contributed by atoms with Crippen LogP contribution in [0.1, 0.15) is 32.6 Å². The molecule has 2 N–H and O–H groups in total. The Hall–Kier alpha value is -0.590. The molecule has 0 amide bonds. The van der Waals surface area contributed by atoms with Crippen molar-refractivity contribution in [3.05, 3.63) is 0 Å². The maximum atomic E-state index is 9.02. The zero-order valence-electron chi connectivity index (χ0n) is 8.87. The molecule has 1 aliphatic carbocycles. The molecule has 3 heteroatoms. The molecule has 2 aliphatic rings. The largest absolute Gasteiger partial charge is 0.328 e. The number of rotatable bonds is 2. The van der Waals surface area contributed by atoms with Gasteiger partial charge in [0.25, 0.3) is 0 Å². The van der Waals surface area contributed by atoms with E-state index in [-0.39, 0.29) is 5.41 Å². The van der Waals surface area contributed by atoms with Crippen molar-refractivity contribution in [2.45, 2.75) is 44.7 Å². The van der Waals surface area contributed by atoms with E-state index in [0.29, 0.717) is 12.1 Å². The molecule has 1 saturated carbocycles. The summed E-state index contributed by atoms with van der Waals surface area (Å²) < 4.78 is 0. The molecule has 2 fully saturated rings. The summed E-state index contributed by atoms with van der Waals surface area (Å²) in [5, 5.41) is 9.02. The molecule has 2 atom stereocenters. The van der Waals surface area contributed by atoms with Gasteiger partial charge in [-0.3, -0.25) is 4.90 Å². The van der Waals surface area contributed by atoms with Crippen LogP contribution >= 0.6 is 0 Å². The van der Waals surface area contributed by atoms with Gasteiger partial charge in [0.15, 0.2) is 0 Å². The molecule has 14 heavy (non-hydrogen) atoms. The molecule has 0 aromatic carbocycles. The molecule has 78 valence electrons. The summed E-state index contributed by atoms with van der Waals surface area (Å²) in [7, 11) is 0. The van der Waals surface area contributed by atoms with E-state index >= 15 is 0 Å². The number of hydrogen-bond acceptors (Lipinski definition) is 3. The highest BCUT2D eigenvalue weighted by atomic mass is 15.2. The third kappa shape index (κ3) is 1.92. The zero-order chi connectivity index (χ0) is 10.2. The Kier molecular flexibility index (Phi) is 2.50. The lowest BCUT2D eigenvalue weighted by Gasteiger charge is -2.37. The van der Waals surface area contributed by atoms with Gasteiger partial charge in [0.1, 0.15) is 0 Å². The fourth-order valence-electron chi connectivity index (χ4n) is 2.34. The summed E-state index contributed by atoms with van der Waals surface area (Å²) >= 11 is 0. The first-order chi connectivity index (χ1) is 6.65. The van der Waals surface area contributed by atoms with Crippen LogP contribution in [0.25, 0.3) is 0 Å². The molecule has 1 saturated heterocycles. The topological polar surface area (TPSA) is 53.0 Å². The molecule has 0 radical (unpaired) electrons. The van der Waals surface area contributed by atoms with Gasteiger partial charge in [-0.25, -0.2) is 0 Å². The average Bonchev–Trinajstić information content (AvgIpc) is 2.91. The van der Waals surface area contributed by atoms with Crippen molar-refractivity contribution in [1.29, 1.82) is 5.26 Å². The number of likely N-dealkylation sites (tertiary alicyclic amines) is 1. The van der Waals surface area contributed by atoms with Crippen LogP contribution in [0.4, 0.5) is 0 Å². The first-order valence-electron chi connectivity index (χ1n) is 5.56. The van der Waals surface area contributed by atoms with Crippen LogP contribution in [-0.4, -0.2) is 30.1 Å². The Morgan fingerprint density at radius 2 is 2.29 bits per heavy atom. The number of nitrogens with two attached hydrogens (primary N) is 1. The van der Waals surface area contributed by atoms with Gasteiger partial charge in [0.2, 0.25) is 0 Å². The fraction of sp³-hybridized carbons (Fsp3) is 0.909. The van der Waals surface area contributed by atoms with Gasteiger partial charge in [0.05, 0.1) is 11.5 Å². The van der Waals surface area contributed by atoms with Gasteiger partial charge in [-0.15, -0.1) is 0 Å². The smallest absolute Gasteiger partial charge is 0.0703 e. The first-order valence-corrected chi connectivity index (χ1v) is 5.56. The van der Waals surface area contributed by atoms with Gasteiger partial charge < -0.3 is 5.73 Å². The van der Waals surface area contributed by atoms with Gasteiger partial charge in [-0.2, -0.15) is 5.26 Å². The van der Waals surface area contributed by atoms with Crippen molar-refractivity contribution in [2.75, 3.05) is 13.1 Å². The van der Waals surface area contributed by atoms with Gasteiger partial charge in [-0.1, -0.05) is 0 Å². The van der Waals surface area contributed by atoms with Crippen LogP contribution in [0.15, 0.2) is 0 Å². The number of piperidine rings is 1. The van der Waals surface area contributed by atoms with Gasteiger partial charge in [0, 0.05) is 18.6 Å². The van der Waals surface area contributed by atoms with Crippen molar-refractivity contribution in [2.24, 2.45) is 11.1 Å². The molecule has 1 heterocycles. The molecular weight excluding hydrogens is 174 g/mol. The second-order valence-electron chi connectivity index (χ2n) is 5.00. The Morgan fingerprint density at radius 1 is 1.57 bits per heavy atom. The molecule has 0 aromatic rings. The van der Waals surface area contributed by atoms with E-state index in [4.69, 9.17) is 11.0 Å². The monoisotopic (exact) mass is 193 g/mol. The minimum absolute atomic E-state index is 0.00962. The standard InChI is InChI=1S/C11H19N3/c1-9-6-10(13)2-5-14(9)8-11(7-12)3-4-11/h9-10H,2-6,8,13H2,1H3. The van der Waals surface area contributed by atoms with Crippen molar-refractivity contribution in [1.82, 2.24) is 4.90 Å². The van der Waals surface area contributed by atoms with Crippen LogP contribution in [-0.2, 0) is 0 Å². The SMILES string of the molecule is CC1CC(N)CCN1CC1(C#N)CC1. The summed E-state index contributed by atoms with van der Waals surface area (Å²) in [6.45, 7) is 4.27. The van der Waals surface area contributed by atoms with Crippen LogP contribution in [0.3, 0.4) is 0 Å². The third-order valence-corrected chi connectivity index (χ3v) is 3.65. The highest BCUT2D eigenvalue weighted by Crippen LogP contribution is 2.46. The van der Waals surface area contributed by atoms with E-state index in [1.165, 1.54) is 0 Å². The van der Waals surface area contributed by atoms with Gasteiger partial charge in [-0.05, 0) is 39.2 Å². The van der Waals surface area contributed by atoms with E-state index in [2.05, 4.69) is 17.9 Å². The molecule has 3 nitrogen and oxygen atoms in total. The number of nitrogens with zero attached hydrogens (tertiary/aromatic N) is 2. The molecule has 2 rings (SSSR count). The molecule has 2 unspecified atom stereocenters. The Balaban J connectivity index is 1.90. The highest BCUT2D eigenvalue weighted by Gasteiger charge is 2.45. The van der Waals surface area contributed by atoms with E-state index in [1.807, 2.05) is 0 Å². The van der Waals surface area contributed by atoms with E-state index in [9.17, 15) is 0 Å². The zero-order valence-corrected chi connectivity index (χ0v) is 8.87. The van der Waals surface area contributed by atoms with E-state index in [1.54, 1.807) is 0 Å². The lowest BCUT2D eigenvalue weighted by Crippen LogP contribution is -2.47. The summed E-state index contributed by atoms with van der Waals surface area (Å²) in [5.74, 6) is 0. The fourth-order valence-corrected chi connectivity index (χ4v) is 2.34. The Bertz CT molecular complexity index is 252. The van der Waals surface area contributed by atoms with Gasteiger partial charge >= 0.3 is 0 Å². The van der Waals surface area contributed by atoms with E-state index in [0.717, 1.165) is 38.8 Å². The van der Waals surface area contributed by atoms with Crippen LogP contribution < -0.4 is 5.73 Å². The van der Waals surface area contributed by atoms with Crippen LogP contribution in [0.5, 0.6) is 0 Å². The number of nitriles is 1. The quantitative estimate of drug-likeness (QED) is 0.714. The maximum absolute atomic E-state index is 9.02. The van der Waals surface area contributed by atoms with Crippen LogP contribution in [0, 0.1) is 16.7 Å². The summed E-state index contributed by atoms with van der Waals surface area (Å²) in [6, 6.07) is 3.39. The minimum atomic E-state index is 0.00962. The third-order valence-electron chi connectivity index (χ3n) is 3.65. The predicted molar refractivity (Wildman–Crippen MR) is 55.5 cm³/mol. The minimum Gasteiger partial charge on any atom is -0.328 e. The van der Waals surface area contributed by atoms with Crippen molar-refractivity contribution in [3.8, 4) is 6.07 Å². The summed E-state index contributed by atoms with van der Waals surface area (Å²) in [6.07, 6.45) is 4.37. The molecule has 1 aliphatic heterocycles. The van der Waals surface area contributed by atoms with Crippen LogP contribution in [0.2, 0.25) is 0 Å². The lowest BCUT2D eigenvalue weighted by molar-refractivity contribution is 0.131. The normalized spacial score (nSPS) is 36.4. The molecule has 0 bridgehead atoms. The molecular formula is C11H19N3. The lowest BCUT2D eigenvalue weighted by atomic mass is 9.97.